The second-order valence-corrected chi connectivity index (χ2v) is 19.7. The predicted octanol–water partition coefficient (Wildman–Crippen LogP) is 9.35. The van der Waals surface area contributed by atoms with E-state index in [1.165, 1.54) is 30.6 Å². The van der Waals surface area contributed by atoms with Crippen LogP contribution in [-0.4, -0.2) is 55.4 Å². The molecule has 3 heterocycles. The first-order chi connectivity index (χ1) is 32.8. The molecule has 0 bridgehead atoms. The molecular weight excluding hydrogens is 946 g/mol. The number of methoxy groups -OCH3 is 1. The van der Waals surface area contributed by atoms with Gasteiger partial charge in [0, 0.05) is 23.9 Å². The zero-order valence-electron chi connectivity index (χ0n) is 36.2. The summed E-state index contributed by atoms with van der Waals surface area (Å²) in [6, 6.07) is 36.9. The van der Waals surface area contributed by atoms with Crippen molar-refractivity contribution in [3.63, 3.8) is 0 Å². The number of amides is 1. The number of thiazole rings is 1. The summed E-state index contributed by atoms with van der Waals surface area (Å²) in [6.45, 7) is 0.300. The van der Waals surface area contributed by atoms with Crippen LogP contribution in [0.15, 0.2) is 138 Å². The molecule has 1 amide bonds. The summed E-state index contributed by atoms with van der Waals surface area (Å²) < 4.78 is 54.5. The molecule has 0 fully saturated rings. The average molecular weight is 987 g/mol. The fourth-order valence-corrected chi connectivity index (χ4v) is 10.6. The van der Waals surface area contributed by atoms with Gasteiger partial charge in [-0.05, 0) is 106 Å². The Morgan fingerprint density at radius 1 is 0.882 bits per heavy atom. The van der Waals surface area contributed by atoms with Crippen LogP contribution in [0, 0.1) is 11.3 Å². The van der Waals surface area contributed by atoms with Gasteiger partial charge in [-0.2, -0.15) is 9.57 Å². The van der Waals surface area contributed by atoms with Gasteiger partial charge in [0.2, 0.25) is 15.9 Å². The molecule has 6 aromatic carbocycles. The standard InChI is InChI=1S/C51H41Cl2N5O8S2/c1-63-50(60)43(21-30-2-7-33(8-3-30)34-9-4-31(25-54)5-10-34)56-49(59)45-22-37-23-46-47(24-38(37)26-58(45)68(61,62)40-17-13-35(14-18-40)44-29-67-51(55)57-44)66-48(28-65-46)36-11-15-39(16-12-36)64-27-32-6-19-41(52)42(53)20-32/h2-20,23-24,29,43,45,48H,21-22,26-28H2,1H3,(H2,55,57)(H,56,59)/t43?,45-,48+/m0/s1. The third-order valence-corrected chi connectivity index (χ3v) is 15.1. The molecule has 17 heteroatoms. The molecule has 2 aliphatic heterocycles. The van der Waals surface area contributed by atoms with E-state index in [2.05, 4.69) is 16.4 Å². The lowest BCUT2D eigenvalue weighted by atomic mass is 9.93. The molecule has 1 unspecified atom stereocenters. The molecular formula is C51H41Cl2N5O8S2. The molecule has 7 aromatic rings. The lowest BCUT2D eigenvalue weighted by Gasteiger charge is -2.37. The van der Waals surface area contributed by atoms with Crippen molar-refractivity contribution in [1.29, 1.82) is 5.26 Å². The van der Waals surface area contributed by atoms with E-state index < -0.39 is 40.1 Å². The third-order valence-electron chi connectivity index (χ3n) is 11.8. The second-order valence-electron chi connectivity index (χ2n) is 16.1. The Balaban J connectivity index is 0.961. The molecule has 0 spiro atoms. The van der Waals surface area contributed by atoms with Crippen molar-refractivity contribution in [2.45, 2.75) is 49.1 Å². The zero-order valence-corrected chi connectivity index (χ0v) is 39.4. The van der Waals surface area contributed by atoms with Crippen LogP contribution in [0.25, 0.3) is 22.4 Å². The number of halogens is 2. The van der Waals surface area contributed by atoms with Crippen molar-refractivity contribution in [2.75, 3.05) is 19.5 Å². The van der Waals surface area contributed by atoms with E-state index in [9.17, 15) is 23.3 Å². The normalized spacial score (nSPS) is 15.9. The van der Waals surface area contributed by atoms with E-state index in [1.54, 1.807) is 53.9 Å². The summed E-state index contributed by atoms with van der Waals surface area (Å²) >= 11 is 13.5. The molecule has 68 heavy (non-hydrogen) atoms. The highest BCUT2D eigenvalue weighted by molar-refractivity contribution is 7.89. The first-order valence-electron chi connectivity index (χ1n) is 21.3. The SMILES string of the molecule is COC(=O)C(Cc1ccc(-c2ccc(C#N)cc2)cc1)NC(=O)[C@@H]1Cc2cc3c(cc2CN1S(=O)(=O)c1ccc(-c2csc(N)n2)cc1)O[C@@H](c1ccc(OCc2ccc(Cl)c(Cl)c2)cc1)CO3. The number of nitriles is 1. The molecule has 3 N–H and O–H groups in total. The molecule has 3 atom stereocenters. The summed E-state index contributed by atoms with van der Waals surface area (Å²) in [4.78, 5) is 32.1. The van der Waals surface area contributed by atoms with Crippen LogP contribution in [0.5, 0.6) is 17.2 Å². The number of sulfonamides is 1. The first kappa shape index (κ1) is 46.2. The number of ether oxygens (including phenoxy) is 4. The highest BCUT2D eigenvalue weighted by Gasteiger charge is 2.42. The van der Waals surface area contributed by atoms with Crippen molar-refractivity contribution in [3.05, 3.63) is 176 Å². The number of hydrogen-bond acceptors (Lipinski definition) is 12. The Hall–Kier alpha value is -6.93. The van der Waals surface area contributed by atoms with Gasteiger partial charge < -0.3 is 30.0 Å². The van der Waals surface area contributed by atoms with Crippen LogP contribution in [0.1, 0.15) is 39.5 Å². The molecule has 2 aliphatic rings. The van der Waals surface area contributed by atoms with Gasteiger partial charge in [-0.25, -0.2) is 18.2 Å². The van der Waals surface area contributed by atoms with E-state index in [1.807, 2.05) is 66.7 Å². The number of fused-ring (bicyclic) bond motifs is 2. The Morgan fingerprint density at radius 2 is 1.56 bits per heavy atom. The quantitative estimate of drug-likeness (QED) is 0.105. The van der Waals surface area contributed by atoms with Crippen LogP contribution in [0.3, 0.4) is 0 Å². The van der Waals surface area contributed by atoms with Crippen LogP contribution < -0.4 is 25.3 Å². The molecule has 344 valence electrons. The third kappa shape index (κ3) is 10.0. The van der Waals surface area contributed by atoms with Gasteiger partial charge in [0.25, 0.3) is 0 Å². The molecule has 9 rings (SSSR count). The number of aromatic nitrogens is 1. The number of esters is 1. The van der Waals surface area contributed by atoms with Crippen LogP contribution in [0.4, 0.5) is 5.13 Å². The maximum Gasteiger partial charge on any atom is 0.328 e. The Bertz CT molecular complexity index is 3160. The molecule has 0 saturated carbocycles. The van der Waals surface area contributed by atoms with E-state index in [0.717, 1.165) is 32.1 Å². The number of nitrogens with zero attached hydrogens (tertiary/aromatic N) is 3. The summed E-state index contributed by atoms with van der Waals surface area (Å²) in [5, 5.41) is 15.1. The zero-order chi connectivity index (χ0) is 47.5. The number of nitrogen functional groups attached to an aromatic ring is 1. The lowest BCUT2D eigenvalue weighted by molar-refractivity contribution is -0.145. The minimum absolute atomic E-state index is 0.0342. The highest BCUT2D eigenvalue weighted by Crippen LogP contribution is 2.42. The minimum Gasteiger partial charge on any atom is -0.489 e. The Morgan fingerprint density at radius 3 is 2.22 bits per heavy atom. The highest BCUT2D eigenvalue weighted by atomic mass is 35.5. The lowest BCUT2D eigenvalue weighted by Crippen LogP contribution is -2.56. The fourth-order valence-electron chi connectivity index (χ4n) is 8.11. The van der Waals surface area contributed by atoms with Gasteiger partial charge in [-0.15, -0.1) is 11.3 Å². The number of carbonyl (C=O) groups excluding carboxylic acids is 2. The van der Waals surface area contributed by atoms with E-state index in [-0.39, 0.29) is 30.9 Å². The van der Waals surface area contributed by atoms with E-state index in [0.29, 0.717) is 67.0 Å². The number of nitrogens with two attached hydrogens (primary N) is 1. The summed E-state index contributed by atoms with van der Waals surface area (Å²) in [5.41, 5.74) is 13.2. The van der Waals surface area contributed by atoms with Crippen LogP contribution in [-0.2, 0) is 50.3 Å². The monoisotopic (exact) mass is 985 g/mol. The summed E-state index contributed by atoms with van der Waals surface area (Å²) in [6.07, 6.45) is -0.451. The van der Waals surface area contributed by atoms with Crippen molar-refractivity contribution < 1.29 is 37.0 Å². The van der Waals surface area contributed by atoms with Gasteiger partial charge in [0.05, 0.1) is 39.4 Å². The van der Waals surface area contributed by atoms with Crippen molar-refractivity contribution in [2.24, 2.45) is 0 Å². The number of carbonyl (C=O) groups is 2. The fraction of sp³-hybridized carbons (Fsp3) is 0.176. The molecule has 0 radical (unpaired) electrons. The topological polar surface area (TPSA) is 183 Å². The van der Waals surface area contributed by atoms with Crippen LogP contribution in [0.2, 0.25) is 10.0 Å². The second kappa shape index (κ2) is 19.7. The smallest absolute Gasteiger partial charge is 0.328 e. The number of hydrogen-bond donors (Lipinski definition) is 2. The van der Waals surface area contributed by atoms with Crippen LogP contribution >= 0.6 is 34.5 Å². The van der Waals surface area contributed by atoms with Gasteiger partial charge in [0.1, 0.15) is 31.0 Å². The maximum atomic E-state index is 14.8. The van der Waals surface area contributed by atoms with Gasteiger partial charge >= 0.3 is 5.97 Å². The largest absolute Gasteiger partial charge is 0.489 e. The summed E-state index contributed by atoms with van der Waals surface area (Å²) in [5.74, 6) is 0.132. The number of nitrogens with one attached hydrogen (secondary N) is 1. The maximum absolute atomic E-state index is 14.8. The average Bonchev–Trinajstić information content (AvgIpc) is 3.81. The van der Waals surface area contributed by atoms with E-state index in [4.69, 9.17) is 47.9 Å². The van der Waals surface area contributed by atoms with Gasteiger partial charge in [-0.3, -0.25) is 4.79 Å². The predicted molar refractivity (Wildman–Crippen MR) is 259 cm³/mol. The van der Waals surface area contributed by atoms with Crippen molar-refractivity contribution in [3.8, 4) is 45.7 Å². The number of benzene rings is 6. The first-order valence-corrected chi connectivity index (χ1v) is 24.4. The van der Waals surface area contributed by atoms with E-state index >= 15 is 0 Å². The molecule has 0 saturated heterocycles. The molecule has 1 aromatic heterocycles. The van der Waals surface area contributed by atoms with Crippen molar-refractivity contribution >= 4 is 61.6 Å². The number of rotatable bonds is 13. The van der Waals surface area contributed by atoms with Crippen molar-refractivity contribution in [1.82, 2.24) is 14.6 Å². The van der Waals surface area contributed by atoms with Gasteiger partial charge in [-0.1, -0.05) is 89.9 Å². The molecule has 0 aliphatic carbocycles. The number of anilines is 1. The summed E-state index contributed by atoms with van der Waals surface area (Å²) in [7, 11) is -3.13. The Kier molecular flexibility index (Phi) is 13.4. The van der Waals surface area contributed by atoms with Gasteiger partial charge in [0.15, 0.2) is 22.7 Å². The molecule has 13 nitrogen and oxygen atoms in total. The Labute approximate surface area is 406 Å². The minimum atomic E-state index is -4.35.